The van der Waals surface area contributed by atoms with Crippen LogP contribution in [-0.4, -0.2) is 16.0 Å². The van der Waals surface area contributed by atoms with E-state index in [-0.39, 0.29) is 11.7 Å². The summed E-state index contributed by atoms with van der Waals surface area (Å²) in [6.45, 7) is 0. The van der Waals surface area contributed by atoms with E-state index in [0.29, 0.717) is 28.5 Å². The van der Waals surface area contributed by atoms with Crippen LogP contribution in [0.5, 0.6) is 0 Å². The Morgan fingerprint density at radius 2 is 1.63 bits per heavy atom. The summed E-state index contributed by atoms with van der Waals surface area (Å²) in [4.78, 5) is 16.8. The largest absolute Gasteiger partial charge is 0.334 e. The molecule has 0 saturated heterocycles. The van der Waals surface area contributed by atoms with Gasteiger partial charge in [0.05, 0.1) is 0 Å². The lowest BCUT2D eigenvalue weighted by Crippen LogP contribution is -2.11. The fourth-order valence-electron chi connectivity index (χ4n) is 2.58. The lowest BCUT2D eigenvalue weighted by molar-refractivity contribution is 0.102. The van der Waals surface area contributed by atoms with Crippen LogP contribution in [-0.2, 0) is 0 Å². The fourth-order valence-corrected chi connectivity index (χ4v) is 2.58. The van der Waals surface area contributed by atoms with Crippen molar-refractivity contribution in [2.75, 3.05) is 5.32 Å². The van der Waals surface area contributed by atoms with E-state index in [0.717, 1.165) is 5.56 Å². The predicted molar refractivity (Wildman–Crippen MR) is 99.5 cm³/mol. The maximum atomic E-state index is 13.0. The predicted octanol–water partition coefficient (Wildman–Crippen LogP) is 4.80. The maximum Gasteiger partial charge on any atom is 0.258 e. The van der Waals surface area contributed by atoms with Gasteiger partial charge in [-0.05, 0) is 42.5 Å². The summed E-state index contributed by atoms with van der Waals surface area (Å²) in [5.74, 6) is 0.129. The molecule has 0 fully saturated rings. The number of amides is 1. The lowest BCUT2D eigenvalue weighted by atomic mass is 10.1. The van der Waals surface area contributed by atoms with Crippen LogP contribution >= 0.6 is 0 Å². The van der Waals surface area contributed by atoms with Crippen molar-refractivity contribution in [2.24, 2.45) is 0 Å². The molecule has 1 N–H and O–H groups in total. The number of hydrogen-bond donors (Lipinski definition) is 1. The Hall–Kier alpha value is -3.80. The van der Waals surface area contributed by atoms with Gasteiger partial charge in [-0.3, -0.25) is 4.79 Å². The molecular weight excluding hydrogens is 345 g/mol. The summed E-state index contributed by atoms with van der Waals surface area (Å²) in [7, 11) is 0. The summed E-state index contributed by atoms with van der Waals surface area (Å²) >= 11 is 0. The van der Waals surface area contributed by atoms with Gasteiger partial charge < -0.3 is 9.84 Å². The van der Waals surface area contributed by atoms with Gasteiger partial charge in [0.2, 0.25) is 5.82 Å². The van der Waals surface area contributed by atoms with Crippen LogP contribution in [0.25, 0.3) is 22.8 Å². The SMILES string of the molecule is O=C(Nc1ccc(F)cc1)c1cccc(-c2nc(-c3ccccc3)no2)c1. The molecule has 1 heterocycles. The number of nitrogens with one attached hydrogen (secondary N) is 1. The third kappa shape index (κ3) is 3.74. The molecule has 4 aromatic rings. The standard InChI is InChI=1S/C21H14FN3O2/c22-17-9-11-18(12-10-17)23-20(26)15-7-4-8-16(13-15)21-24-19(25-27-21)14-5-2-1-3-6-14/h1-13H,(H,23,26). The topological polar surface area (TPSA) is 68.0 Å². The van der Waals surface area contributed by atoms with Gasteiger partial charge in [-0.1, -0.05) is 41.6 Å². The smallest absolute Gasteiger partial charge is 0.258 e. The zero-order chi connectivity index (χ0) is 18.6. The Balaban J connectivity index is 1.56. The lowest BCUT2D eigenvalue weighted by Gasteiger charge is -2.06. The molecular formula is C21H14FN3O2. The number of hydrogen-bond acceptors (Lipinski definition) is 4. The molecule has 0 radical (unpaired) electrons. The van der Waals surface area contributed by atoms with E-state index < -0.39 is 0 Å². The van der Waals surface area contributed by atoms with Crippen LogP contribution in [0.1, 0.15) is 10.4 Å². The number of rotatable bonds is 4. The summed E-state index contributed by atoms with van der Waals surface area (Å²) in [5, 5.41) is 6.71. The molecule has 1 amide bonds. The summed E-state index contributed by atoms with van der Waals surface area (Å²) in [5.41, 5.74) is 2.42. The van der Waals surface area contributed by atoms with E-state index in [9.17, 15) is 9.18 Å². The van der Waals surface area contributed by atoms with Crippen molar-refractivity contribution in [3.63, 3.8) is 0 Å². The first-order valence-electron chi connectivity index (χ1n) is 8.25. The average molecular weight is 359 g/mol. The van der Waals surface area contributed by atoms with E-state index >= 15 is 0 Å². The Kier molecular flexibility index (Phi) is 4.45. The number of nitrogens with zero attached hydrogens (tertiary/aromatic N) is 2. The molecule has 0 aliphatic rings. The molecule has 5 nitrogen and oxygen atoms in total. The molecule has 0 spiro atoms. The second-order valence-corrected chi connectivity index (χ2v) is 5.83. The van der Waals surface area contributed by atoms with Crippen molar-refractivity contribution in [1.82, 2.24) is 10.1 Å². The van der Waals surface area contributed by atoms with Crippen molar-refractivity contribution < 1.29 is 13.7 Å². The summed E-state index contributed by atoms with van der Waals surface area (Å²) < 4.78 is 18.3. The monoisotopic (exact) mass is 359 g/mol. The number of carbonyl (C=O) groups is 1. The molecule has 132 valence electrons. The van der Waals surface area contributed by atoms with E-state index in [1.807, 2.05) is 30.3 Å². The molecule has 1 aromatic heterocycles. The highest BCUT2D eigenvalue weighted by atomic mass is 19.1. The number of halogens is 1. The van der Waals surface area contributed by atoms with Gasteiger partial charge in [-0.2, -0.15) is 4.98 Å². The van der Waals surface area contributed by atoms with E-state index in [2.05, 4.69) is 15.5 Å². The Morgan fingerprint density at radius 3 is 2.41 bits per heavy atom. The number of anilines is 1. The van der Waals surface area contributed by atoms with Gasteiger partial charge in [0, 0.05) is 22.4 Å². The second-order valence-electron chi connectivity index (χ2n) is 5.83. The molecule has 0 bridgehead atoms. The summed E-state index contributed by atoms with van der Waals surface area (Å²) in [6, 6.07) is 21.9. The van der Waals surface area contributed by atoms with Gasteiger partial charge in [0.1, 0.15) is 5.82 Å². The zero-order valence-electron chi connectivity index (χ0n) is 14.1. The molecule has 6 heteroatoms. The van der Waals surface area contributed by atoms with E-state index in [1.54, 1.807) is 24.3 Å². The fraction of sp³-hybridized carbons (Fsp3) is 0. The highest BCUT2D eigenvalue weighted by molar-refractivity contribution is 6.04. The molecule has 0 aliphatic carbocycles. The molecule has 0 unspecified atom stereocenters. The first-order valence-corrected chi connectivity index (χ1v) is 8.25. The van der Waals surface area contributed by atoms with Gasteiger partial charge in [0.25, 0.3) is 11.8 Å². The molecule has 0 aliphatic heterocycles. The Bertz CT molecular complexity index is 1080. The van der Waals surface area contributed by atoms with Crippen molar-refractivity contribution >= 4 is 11.6 Å². The molecule has 0 saturated carbocycles. The van der Waals surface area contributed by atoms with Crippen molar-refractivity contribution in [3.05, 3.63) is 90.2 Å². The quantitative estimate of drug-likeness (QED) is 0.568. The number of benzene rings is 3. The van der Waals surface area contributed by atoms with Crippen molar-refractivity contribution in [2.45, 2.75) is 0 Å². The molecule has 3 aromatic carbocycles. The van der Waals surface area contributed by atoms with E-state index in [4.69, 9.17) is 4.52 Å². The molecule has 4 rings (SSSR count). The van der Waals surface area contributed by atoms with Gasteiger partial charge >= 0.3 is 0 Å². The summed E-state index contributed by atoms with van der Waals surface area (Å²) in [6.07, 6.45) is 0. The van der Waals surface area contributed by atoms with Gasteiger partial charge in [0.15, 0.2) is 0 Å². The highest BCUT2D eigenvalue weighted by Crippen LogP contribution is 2.23. The van der Waals surface area contributed by atoms with Crippen LogP contribution in [0.3, 0.4) is 0 Å². The third-order valence-corrected chi connectivity index (χ3v) is 3.93. The third-order valence-electron chi connectivity index (χ3n) is 3.93. The first-order chi connectivity index (χ1) is 13.2. The van der Waals surface area contributed by atoms with Gasteiger partial charge in [-0.25, -0.2) is 4.39 Å². The maximum absolute atomic E-state index is 13.0. The van der Waals surface area contributed by atoms with Crippen LogP contribution in [0.4, 0.5) is 10.1 Å². The Labute approximate surface area is 154 Å². The van der Waals surface area contributed by atoms with Gasteiger partial charge in [-0.15, -0.1) is 0 Å². The molecule has 0 atom stereocenters. The number of aromatic nitrogens is 2. The number of carbonyl (C=O) groups excluding carboxylic acids is 1. The first kappa shape index (κ1) is 16.7. The minimum Gasteiger partial charge on any atom is -0.334 e. The normalized spacial score (nSPS) is 10.6. The van der Waals surface area contributed by atoms with Crippen molar-refractivity contribution in [1.29, 1.82) is 0 Å². The van der Waals surface area contributed by atoms with Crippen LogP contribution in [0.15, 0.2) is 83.4 Å². The average Bonchev–Trinajstić information content (AvgIpc) is 3.21. The van der Waals surface area contributed by atoms with Crippen LogP contribution < -0.4 is 5.32 Å². The highest BCUT2D eigenvalue weighted by Gasteiger charge is 2.13. The second kappa shape index (κ2) is 7.21. The van der Waals surface area contributed by atoms with E-state index in [1.165, 1.54) is 24.3 Å². The molecule has 27 heavy (non-hydrogen) atoms. The zero-order valence-corrected chi connectivity index (χ0v) is 14.1. The Morgan fingerprint density at radius 1 is 0.889 bits per heavy atom. The van der Waals surface area contributed by atoms with Crippen molar-refractivity contribution in [3.8, 4) is 22.8 Å². The van der Waals surface area contributed by atoms with Crippen LogP contribution in [0, 0.1) is 5.82 Å². The minimum absolute atomic E-state index is 0.314. The van der Waals surface area contributed by atoms with Crippen LogP contribution in [0.2, 0.25) is 0 Å². The minimum atomic E-state index is -0.361.